The summed E-state index contributed by atoms with van der Waals surface area (Å²) in [6.45, 7) is 3.77. The maximum atomic E-state index is 12.8. The number of anilines is 1. The van der Waals surface area contributed by atoms with Crippen molar-refractivity contribution in [3.63, 3.8) is 0 Å². The van der Waals surface area contributed by atoms with Gasteiger partial charge in [-0.05, 0) is 56.5 Å². The van der Waals surface area contributed by atoms with Gasteiger partial charge in [0.15, 0.2) is 0 Å². The van der Waals surface area contributed by atoms with Gasteiger partial charge in [-0.15, -0.1) is 11.3 Å². The molecule has 2 amide bonds. The van der Waals surface area contributed by atoms with Crippen LogP contribution in [-0.4, -0.2) is 21.8 Å². The average molecular weight is 407 g/mol. The van der Waals surface area contributed by atoms with Gasteiger partial charge in [0.2, 0.25) is 5.91 Å². The number of nitrogens with one attached hydrogen (secondary N) is 2. The molecule has 0 saturated heterocycles. The number of aryl methyl sites for hydroxylation is 1. The fourth-order valence-corrected chi connectivity index (χ4v) is 3.94. The van der Waals surface area contributed by atoms with Crippen LogP contribution in [0.1, 0.15) is 46.7 Å². The summed E-state index contributed by atoms with van der Waals surface area (Å²) in [5.41, 5.74) is 3.20. The number of aromatic nitrogens is 2. The van der Waals surface area contributed by atoms with Gasteiger partial charge in [0.25, 0.3) is 5.91 Å². The van der Waals surface area contributed by atoms with Gasteiger partial charge >= 0.3 is 0 Å². The third kappa shape index (κ3) is 4.51. The lowest BCUT2D eigenvalue weighted by molar-refractivity contribution is -0.117. The Bertz CT molecular complexity index is 1030. The first-order valence-corrected chi connectivity index (χ1v) is 10.4. The number of carbonyl (C=O) groups is 2. The highest BCUT2D eigenvalue weighted by Gasteiger charge is 2.29. The third-order valence-electron chi connectivity index (χ3n) is 4.86. The number of benzene rings is 1. The summed E-state index contributed by atoms with van der Waals surface area (Å²) in [7, 11) is 0. The molecule has 1 aliphatic rings. The molecule has 1 unspecified atom stereocenters. The summed E-state index contributed by atoms with van der Waals surface area (Å²) in [5.74, 6) is 0.107. The second-order valence-corrected chi connectivity index (χ2v) is 8.23. The summed E-state index contributed by atoms with van der Waals surface area (Å²) in [6, 6.07) is 13.0. The third-order valence-corrected chi connectivity index (χ3v) is 6.04. The summed E-state index contributed by atoms with van der Waals surface area (Å²) < 4.78 is 0. The molecule has 2 heterocycles. The van der Waals surface area contributed by atoms with Gasteiger partial charge in [0, 0.05) is 17.8 Å². The van der Waals surface area contributed by atoms with Crippen LogP contribution in [0.4, 0.5) is 5.69 Å². The summed E-state index contributed by atoms with van der Waals surface area (Å²) >= 11 is 1.34. The lowest BCUT2D eigenvalue weighted by Crippen LogP contribution is -2.26. The molecular formula is C22H22N4O2S. The molecule has 1 atom stereocenters. The first-order valence-electron chi connectivity index (χ1n) is 9.62. The van der Waals surface area contributed by atoms with E-state index in [1.54, 1.807) is 6.20 Å². The number of rotatable bonds is 6. The van der Waals surface area contributed by atoms with Gasteiger partial charge in [-0.2, -0.15) is 0 Å². The molecule has 2 N–H and O–H groups in total. The average Bonchev–Trinajstić information content (AvgIpc) is 3.51. The first kappa shape index (κ1) is 19.3. The molecule has 2 aromatic heterocycles. The van der Waals surface area contributed by atoms with E-state index in [4.69, 9.17) is 0 Å². The van der Waals surface area contributed by atoms with Crippen LogP contribution >= 0.6 is 11.3 Å². The maximum Gasteiger partial charge on any atom is 0.263 e. The smallest absolute Gasteiger partial charge is 0.263 e. The van der Waals surface area contributed by atoms with Crippen LogP contribution in [-0.2, 0) is 4.79 Å². The zero-order valence-corrected chi connectivity index (χ0v) is 17.1. The molecule has 0 spiro atoms. The zero-order valence-electron chi connectivity index (χ0n) is 16.3. The van der Waals surface area contributed by atoms with Crippen molar-refractivity contribution in [2.75, 3.05) is 5.32 Å². The zero-order chi connectivity index (χ0) is 20.4. The molecule has 0 aliphatic heterocycles. The normalized spacial score (nSPS) is 14.3. The van der Waals surface area contributed by atoms with Crippen molar-refractivity contribution in [3.8, 4) is 10.7 Å². The van der Waals surface area contributed by atoms with Gasteiger partial charge in [0.1, 0.15) is 9.88 Å². The molecule has 1 saturated carbocycles. The molecule has 6 nitrogen and oxygen atoms in total. The van der Waals surface area contributed by atoms with E-state index >= 15 is 0 Å². The molecule has 1 aliphatic carbocycles. The topological polar surface area (TPSA) is 84.0 Å². The predicted octanol–water partition coefficient (Wildman–Crippen LogP) is 4.35. The monoisotopic (exact) mass is 406 g/mol. The standard InChI is InChI=1S/C22H22N4O2S/c1-13(15-8-10-17(11-9-15)26-20(27)16-6-7-16)24-21(28)19-14(2)25-22(29-19)18-5-3-4-12-23-18/h3-5,8-13,16H,6-7H2,1-2H3,(H,24,28)(H,26,27). The van der Waals surface area contributed by atoms with Crippen LogP contribution in [0.5, 0.6) is 0 Å². The lowest BCUT2D eigenvalue weighted by atomic mass is 10.1. The van der Waals surface area contributed by atoms with E-state index in [2.05, 4.69) is 20.6 Å². The Morgan fingerprint density at radius 2 is 1.90 bits per heavy atom. The van der Waals surface area contributed by atoms with Crippen molar-refractivity contribution in [3.05, 3.63) is 64.8 Å². The molecule has 4 rings (SSSR count). The van der Waals surface area contributed by atoms with Crippen molar-refractivity contribution in [2.24, 2.45) is 5.92 Å². The van der Waals surface area contributed by atoms with E-state index < -0.39 is 0 Å². The highest BCUT2D eigenvalue weighted by molar-refractivity contribution is 7.17. The van der Waals surface area contributed by atoms with Crippen LogP contribution in [0.15, 0.2) is 48.7 Å². The second-order valence-electron chi connectivity index (χ2n) is 7.23. The number of nitrogens with zero attached hydrogens (tertiary/aromatic N) is 2. The number of pyridine rings is 1. The predicted molar refractivity (Wildman–Crippen MR) is 114 cm³/mol. The Balaban J connectivity index is 1.41. The van der Waals surface area contributed by atoms with Crippen LogP contribution in [0.25, 0.3) is 10.7 Å². The van der Waals surface area contributed by atoms with Crippen molar-refractivity contribution < 1.29 is 9.59 Å². The molecule has 148 valence electrons. The molecule has 0 bridgehead atoms. The van der Waals surface area contributed by atoms with Crippen molar-refractivity contribution in [1.29, 1.82) is 0 Å². The Morgan fingerprint density at radius 1 is 1.14 bits per heavy atom. The number of thiazole rings is 1. The quantitative estimate of drug-likeness (QED) is 0.637. The number of carbonyl (C=O) groups excluding carboxylic acids is 2. The summed E-state index contributed by atoms with van der Waals surface area (Å²) in [4.78, 5) is 34.0. The van der Waals surface area contributed by atoms with E-state index in [-0.39, 0.29) is 23.8 Å². The van der Waals surface area contributed by atoms with Crippen LogP contribution < -0.4 is 10.6 Å². The van der Waals surface area contributed by atoms with Gasteiger partial charge in [0.05, 0.1) is 17.4 Å². The van der Waals surface area contributed by atoms with Crippen LogP contribution in [0.2, 0.25) is 0 Å². The second kappa shape index (κ2) is 8.13. The Labute approximate surface area is 173 Å². The minimum Gasteiger partial charge on any atom is -0.345 e. The van der Waals surface area contributed by atoms with Crippen molar-refractivity contribution >= 4 is 28.8 Å². The minimum atomic E-state index is -0.171. The fourth-order valence-electron chi connectivity index (χ4n) is 3.00. The maximum absolute atomic E-state index is 12.8. The van der Waals surface area contributed by atoms with Gasteiger partial charge in [-0.1, -0.05) is 18.2 Å². The van der Waals surface area contributed by atoms with E-state index in [1.807, 2.05) is 56.3 Å². The first-order chi connectivity index (χ1) is 14.0. The van der Waals surface area contributed by atoms with Crippen LogP contribution in [0, 0.1) is 12.8 Å². The minimum absolute atomic E-state index is 0.0866. The molecule has 3 aromatic rings. The van der Waals surface area contributed by atoms with E-state index in [9.17, 15) is 9.59 Å². The Kier molecular flexibility index (Phi) is 5.40. The van der Waals surface area contributed by atoms with Crippen molar-refractivity contribution in [1.82, 2.24) is 15.3 Å². The molecule has 29 heavy (non-hydrogen) atoms. The van der Waals surface area contributed by atoms with Gasteiger partial charge in [-0.3, -0.25) is 14.6 Å². The Hall–Kier alpha value is -3.06. The molecule has 1 aromatic carbocycles. The van der Waals surface area contributed by atoms with Gasteiger partial charge < -0.3 is 10.6 Å². The lowest BCUT2D eigenvalue weighted by Gasteiger charge is -2.14. The van der Waals surface area contributed by atoms with E-state index in [1.165, 1.54) is 11.3 Å². The molecule has 1 fully saturated rings. The SMILES string of the molecule is Cc1nc(-c2ccccn2)sc1C(=O)NC(C)c1ccc(NC(=O)C2CC2)cc1. The highest BCUT2D eigenvalue weighted by Crippen LogP contribution is 2.30. The van der Waals surface area contributed by atoms with E-state index in [0.717, 1.165) is 34.8 Å². The number of hydrogen-bond donors (Lipinski definition) is 2. The molecular weight excluding hydrogens is 384 g/mol. The fraction of sp³-hybridized carbons (Fsp3) is 0.273. The molecule has 0 radical (unpaired) electrons. The van der Waals surface area contributed by atoms with Crippen molar-refractivity contribution in [2.45, 2.75) is 32.7 Å². The summed E-state index contributed by atoms with van der Waals surface area (Å²) in [5, 5.41) is 6.69. The van der Waals surface area contributed by atoms with Gasteiger partial charge in [-0.25, -0.2) is 4.98 Å². The molecule has 7 heteroatoms. The van der Waals surface area contributed by atoms with Crippen LogP contribution in [0.3, 0.4) is 0 Å². The largest absolute Gasteiger partial charge is 0.345 e. The van der Waals surface area contributed by atoms with E-state index in [0.29, 0.717) is 10.6 Å². The number of hydrogen-bond acceptors (Lipinski definition) is 5. The summed E-state index contributed by atoms with van der Waals surface area (Å²) in [6.07, 6.45) is 3.67. The Morgan fingerprint density at radius 3 is 2.55 bits per heavy atom. The highest BCUT2D eigenvalue weighted by atomic mass is 32.1. The number of amides is 2.